The minimum absolute atomic E-state index is 0.0138. The molecule has 1 aromatic rings. The molecule has 0 bridgehead atoms. The average Bonchev–Trinajstić information content (AvgIpc) is 2.26. The van der Waals surface area contributed by atoms with Crippen LogP contribution in [0, 0.1) is 17.8 Å². The van der Waals surface area contributed by atoms with Crippen LogP contribution >= 0.6 is 11.8 Å². The number of aldehydes is 1. The van der Waals surface area contributed by atoms with Crippen molar-refractivity contribution in [3.8, 4) is 11.8 Å². The maximum atomic E-state index is 12.8. The van der Waals surface area contributed by atoms with Crippen LogP contribution in [0.2, 0.25) is 0 Å². The van der Waals surface area contributed by atoms with Gasteiger partial charge in [0.15, 0.2) is 11.4 Å². The molecule has 1 aromatic heterocycles. The number of carbonyl (C=O) groups is 2. The number of hydrogen-bond acceptors (Lipinski definition) is 4. The third kappa shape index (κ3) is 3.83. The van der Waals surface area contributed by atoms with Gasteiger partial charge in [-0.2, -0.15) is 4.39 Å². The number of pyridine rings is 1. The van der Waals surface area contributed by atoms with E-state index < -0.39 is 5.95 Å². The Bertz CT molecular complexity index is 477. The summed E-state index contributed by atoms with van der Waals surface area (Å²) >= 11 is 1.09. The monoisotopic (exact) mass is 237 g/mol. The average molecular weight is 237 g/mol. The van der Waals surface area contributed by atoms with Crippen LogP contribution in [-0.4, -0.2) is 22.1 Å². The number of carbonyl (C=O) groups excluding carboxylic acids is 2. The second-order valence-electron chi connectivity index (χ2n) is 2.80. The molecule has 0 N–H and O–H groups in total. The van der Waals surface area contributed by atoms with E-state index >= 15 is 0 Å². The summed E-state index contributed by atoms with van der Waals surface area (Å²) in [4.78, 5) is 24.4. The summed E-state index contributed by atoms with van der Waals surface area (Å²) in [7, 11) is 0. The predicted molar refractivity (Wildman–Crippen MR) is 59.6 cm³/mol. The topological polar surface area (TPSA) is 47.0 Å². The van der Waals surface area contributed by atoms with E-state index in [-0.39, 0.29) is 10.7 Å². The van der Waals surface area contributed by atoms with Crippen LogP contribution in [0.5, 0.6) is 0 Å². The third-order valence-electron chi connectivity index (χ3n) is 1.57. The summed E-state index contributed by atoms with van der Waals surface area (Å²) in [5.74, 6) is 4.97. The summed E-state index contributed by atoms with van der Waals surface area (Å²) in [5.41, 5.74) is 0.332. The highest BCUT2D eigenvalue weighted by atomic mass is 32.2. The van der Waals surface area contributed by atoms with Gasteiger partial charge in [0.1, 0.15) is 0 Å². The van der Waals surface area contributed by atoms with Crippen molar-refractivity contribution in [2.45, 2.75) is 6.92 Å². The highest BCUT2D eigenvalue weighted by Crippen LogP contribution is 2.04. The second-order valence-corrected chi connectivity index (χ2v) is 3.96. The summed E-state index contributed by atoms with van der Waals surface area (Å²) in [5, 5.41) is -0.0138. The smallest absolute Gasteiger partial charge is 0.223 e. The molecule has 0 aliphatic heterocycles. The lowest BCUT2D eigenvalue weighted by Gasteiger charge is -1.93. The molecule has 16 heavy (non-hydrogen) atoms. The van der Waals surface area contributed by atoms with Crippen LogP contribution in [0.15, 0.2) is 12.3 Å². The van der Waals surface area contributed by atoms with Crippen molar-refractivity contribution in [3.05, 3.63) is 29.3 Å². The van der Waals surface area contributed by atoms with Crippen molar-refractivity contribution < 1.29 is 14.0 Å². The minimum atomic E-state index is -0.807. The van der Waals surface area contributed by atoms with Gasteiger partial charge in [0.05, 0.1) is 11.3 Å². The zero-order valence-corrected chi connectivity index (χ0v) is 9.31. The molecule has 0 saturated carbocycles. The Labute approximate surface area is 96.5 Å². The zero-order chi connectivity index (χ0) is 12.0. The van der Waals surface area contributed by atoms with Gasteiger partial charge in [-0.05, 0) is 6.07 Å². The zero-order valence-electron chi connectivity index (χ0n) is 8.49. The predicted octanol–water partition coefficient (Wildman–Crippen LogP) is 1.66. The molecular weight excluding hydrogens is 229 g/mol. The molecule has 5 heteroatoms. The van der Waals surface area contributed by atoms with Crippen molar-refractivity contribution >= 4 is 23.2 Å². The van der Waals surface area contributed by atoms with E-state index in [4.69, 9.17) is 0 Å². The van der Waals surface area contributed by atoms with E-state index in [1.54, 1.807) is 0 Å². The first-order valence-electron chi connectivity index (χ1n) is 4.36. The second kappa shape index (κ2) is 6.03. The number of aromatic nitrogens is 1. The first kappa shape index (κ1) is 12.4. The summed E-state index contributed by atoms with van der Waals surface area (Å²) in [6, 6.07) is 1.32. The fraction of sp³-hybridized carbons (Fsp3) is 0.182. The van der Waals surface area contributed by atoms with Gasteiger partial charge in [0.25, 0.3) is 0 Å². The Hall–Kier alpha value is -1.67. The number of halogens is 1. The van der Waals surface area contributed by atoms with Gasteiger partial charge >= 0.3 is 0 Å². The highest BCUT2D eigenvalue weighted by molar-refractivity contribution is 8.13. The molecule has 0 aromatic carbocycles. The van der Waals surface area contributed by atoms with Crippen LogP contribution in [0.1, 0.15) is 22.8 Å². The molecule has 0 atom stereocenters. The summed E-state index contributed by atoms with van der Waals surface area (Å²) < 4.78 is 12.8. The van der Waals surface area contributed by atoms with E-state index in [1.807, 2.05) is 0 Å². The van der Waals surface area contributed by atoms with Crippen LogP contribution in [0.4, 0.5) is 4.39 Å². The molecule has 0 spiro atoms. The molecule has 0 radical (unpaired) electrons. The fourth-order valence-electron chi connectivity index (χ4n) is 0.892. The normalized spacial score (nSPS) is 9.12. The number of thioether (sulfide) groups is 1. The van der Waals surface area contributed by atoms with Crippen LogP contribution in [0.25, 0.3) is 0 Å². The minimum Gasteiger partial charge on any atom is -0.298 e. The lowest BCUT2D eigenvalue weighted by molar-refractivity contribution is -0.109. The molecule has 82 valence electrons. The van der Waals surface area contributed by atoms with Gasteiger partial charge in [-0.3, -0.25) is 9.59 Å². The number of rotatable bonds is 2. The van der Waals surface area contributed by atoms with Gasteiger partial charge in [-0.15, -0.1) is 0 Å². The molecule has 0 amide bonds. The van der Waals surface area contributed by atoms with E-state index in [0.717, 1.165) is 11.8 Å². The first-order valence-corrected chi connectivity index (χ1v) is 5.35. The lowest BCUT2D eigenvalue weighted by Crippen LogP contribution is -1.93. The van der Waals surface area contributed by atoms with Crippen LogP contribution in [-0.2, 0) is 4.79 Å². The maximum absolute atomic E-state index is 12.8. The standard InChI is InChI=1S/C11H8FNO2S/c1-8(15)16-4-2-3-9-5-10(7-14)11(12)13-6-9/h5-7H,4H2,1H3. The van der Waals surface area contributed by atoms with E-state index in [2.05, 4.69) is 16.8 Å². The van der Waals surface area contributed by atoms with Gasteiger partial charge in [0, 0.05) is 18.7 Å². The van der Waals surface area contributed by atoms with E-state index in [0.29, 0.717) is 17.6 Å². The van der Waals surface area contributed by atoms with Crippen molar-refractivity contribution in [3.63, 3.8) is 0 Å². The van der Waals surface area contributed by atoms with Gasteiger partial charge < -0.3 is 0 Å². The van der Waals surface area contributed by atoms with Gasteiger partial charge in [-0.1, -0.05) is 23.6 Å². The molecule has 0 aliphatic rings. The van der Waals surface area contributed by atoms with Crippen LogP contribution < -0.4 is 0 Å². The Morgan fingerprint density at radius 3 is 3.06 bits per heavy atom. The Balaban J connectivity index is 2.74. The maximum Gasteiger partial charge on any atom is 0.223 e. The molecule has 0 unspecified atom stereocenters. The summed E-state index contributed by atoms with van der Waals surface area (Å²) in [6.45, 7) is 1.45. The van der Waals surface area contributed by atoms with E-state index in [9.17, 15) is 14.0 Å². The molecule has 0 aliphatic carbocycles. The van der Waals surface area contributed by atoms with Gasteiger partial charge in [0.2, 0.25) is 5.95 Å². The quantitative estimate of drug-likeness (QED) is 0.446. The van der Waals surface area contributed by atoms with Crippen molar-refractivity contribution in [1.29, 1.82) is 0 Å². The van der Waals surface area contributed by atoms with Gasteiger partial charge in [-0.25, -0.2) is 4.98 Å². The molecule has 1 heterocycles. The van der Waals surface area contributed by atoms with Crippen molar-refractivity contribution in [2.75, 3.05) is 5.75 Å². The molecular formula is C11H8FNO2S. The first-order chi connectivity index (χ1) is 7.63. The molecule has 3 nitrogen and oxygen atoms in total. The SMILES string of the molecule is CC(=O)SCC#Cc1cnc(F)c(C=O)c1. The summed E-state index contributed by atoms with van der Waals surface area (Å²) in [6.07, 6.45) is 1.63. The molecule has 0 saturated heterocycles. The Morgan fingerprint density at radius 1 is 1.69 bits per heavy atom. The molecule has 1 rings (SSSR count). The van der Waals surface area contributed by atoms with Crippen molar-refractivity contribution in [1.82, 2.24) is 4.98 Å². The van der Waals surface area contributed by atoms with E-state index in [1.165, 1.54) is 19.2 Å². The number of nitrogens with zero attached hydrogens (tertiary/aromatic N) is 1. The highest BCUT2D eigenvalue weighted by Gasteiger charge is 2.01. The van der Waals surface area contributed by atoms with Crippen molar-refractivity contribution in [2.24, 2.45) is 0 Å². The Kier molecular flexibility index (Phi) is 4.67. The fourth-order valence-corrected chi connectivity index (χ4v) is 1.24. The number of hydrogen-bond donors (Lipinski definition) is 0. The Morgan fingerprint density at radius 2 is 2.44 bits per heavy atom. The largest absolute Gasteiger partial charge is 0.298 e. The third-order valence-corrected chi connectivity index (χ3v) is 2.27. The lowest BCUT2D eigenvalue weighted by atomic mass is 10.2. The van der Waals surface area contributed by atoms with Crippen LogP contribution in [0.3, 0.4) is 0 Å². The molecule has 0 fully saturated rings.